The number of carbonyl (C=O) groups excluding carboxylic acids is 1. The van der Waals surface area contributed by atoms with E-state index < -0.39 is 0 Å². The molecule has 5 heteroatoms. The molecule has 134 valence electrons. The monoisotopic (exact) mass is 361 g/mol. The van der Waals surface area contributed by atoms with E-state index in [1.165, 1.54) is 18.9 Å². The Morgan fingerprint density at radius 3 is 2.68 bits per heavy atom. The van der Waals surface area contributed by atoms with Gasteiger partial charge in [-0.1, -0.05) is 25.1 Å². The Morgan fingerprint density at radius 1 is 1.16 bits per heavy atom. The van der Waals surface area contributed by atoms with Crippen molar-refractivity contribution in [2.75, 3.05) is 0 Å². The quantitative estimate of drug-likeness (QED) is 0.773. The number of carbonyl (C=O) groups is 1. The highest BCUT2D eigenvalue weighted by Gasteiger charge is 2.21. The Balaban J connectivity index is 1.47. The first-order chi connectivity index (χ1) is 12.1. The largest absolute Gasteiger partial charge is 0.455 e. The van der Waals surface area contributed by atoms with E-state index in [0.717, 1.165) is 24.5 Å². The summed E-state index contributed by atoms with van der Waals surface area (Å²) in [6.45, 7) is 2.26. The molecular weight excluding hydrogens is 337 g/mol. The zero-order valence-corrected chi connectivity index (χ0v) is 15.3. The molecule has 0 spiro atoms. The lowest BCUT2D eigenvalue weighted by atomic mass is 9.87. The summed E-state index contributed by atoms with van der Waals surface area (Å²) in [6, 6.07) is 10.6. The first kappa shape index (κ1) is 18.1. The maximum absolute atomic E-state index is 13.6. The SMILES string of the molecule is CC1CCC(NC(=O)c2ccc(CSCc3ccccc3F)o2)CC1. The van der Waals surface area contributed by atoms with Crippen LogP contribution in [0.25, 0.3) is 0 Å². The molecule has 0 saturated heterocycles. The second-order valence-electron chi connectivity index (χ2n) is 6.78. The molecular formula is C20H24FNO2S. The van der Waals surface area contributed by atoms with Crippen LogP contribution >= 0.6 is 11.8 Å². The predicted octanol–water partition coefficient (Wildman–Crippen LogP) is 5.16. The van der Waals surface area contributed by atoms with E-state index in [0.29, 0.717) is 22.8 Å². The Hall–Kier alpha value is -1.75. The number of thioether (sulfide) groups is 1. The Morgan fingerprint density at radius 2 is 1.92 bits per heavy atom. The van der Waals surface area contributed by atoms with Gasteiger partial charge in [0.25, 0.3) is 5.91 Å². The minimum absolute atomic E-state index is 0.134. The van der Waals surface area contributed by atoms with Gasteiger partial charge in [-0.25, -0.2) is 4.39 Å². The summed E-state index contributed by atoms with van der Waals surface area (Å²) >= 11 is 1.57. The standard InChI is InChI=1S/C20H24FNO2S/c1-14-6-8-16(9-7-14)22-20(23)19-11-10-17(24-19)13-25-12-15-4-2-3-5-18(15)21/h2-5,10-11,14,16H,6-9,12-13H2,1H3,(H,22,23). The van der Waals surface area contributed by atoms with E-state index in [9.17, 15) is 9.18 Å². The summed E-state index contributed by atoms with van der Waals surface area (Å²) in [6.07, 6.45) is 4.42. The Kier molecular flexibility index (Phi) is 6.19. The first-order valence-corrected chi connectivity index (χ1v) is 9.98. The molecule has 1 aliphatic rings. The lowest BCUT2D eigenvalue weighted by Crippen LogP contribution is -2.37. The summed E-state index contributed by atoms with van der Waals surface area (Å²) in [4.78, 5) is 12.3. The van der Waals surface area contributed by atoms with E-state index in [2.05, 4.69) is 12.2 Å². The van der Waals surface area contributed by atoms with Gasteiger partial charge in [-0.05, 0) is 55.4 Å². The maximum Gasteiger partial charge on any atom is 0.287 e. The third-order valence-electron chi connectivity index (χ3n) is 4.70. The molecule has 1 amide bonds. The number of nitrogens with one attached hydrogen (secondary N) is 1. The topological polar surface area (TPSA) is 42.2 Å². The second kappa shape index (κ2) is 8.56. The molecule has 1 heterocycles. The van der Waals surface area contributed by atoms with Crippen LogP contribution in [-0.2, 0) is 11.5 Å². The van der Waals surface area contributed by atoms with Gasteiger partial charge in [-0.3, -0.25) is 4.79 Å². The van der Waals surface area contributed by atoms with Crippen molar-refractivity contribution >= 4 is 17.7 Å². The Labute approximate surface area is 152 Å². The number of hydrogen-bond donors (Lipinski definition) is 1. The molecule has 1 saturated carbocycles. The van der Waals surface area contributed by atoms with E-state index in [1.807, 2.05) is 12.1 Å². The Bertz CT molecular complexity index is 707. The minimum atomic E-state index is -0.184. The fourth-order valence-electron chi connectivity index (χ4n) is 3.12. The summed E-state index contributed by atoms with van der Waals surface area (Å²) in [7, 11) is 0. The lowest BCUT2D eigenvalue weighted by molar-refractivity contribution is 0.0893. The molecule has 0 aliphatic heterocycles. The highest BCUT2D eigenvalue weighted by Crippen LogP contribution is 2.24. The van der Waals surface area contributed by atoms with Crippen molar-refractivity contribution in [1.82, 2.24) is 5.32 Å². The molecule has 1 aromatic carbocycles. The van der Waals surface area contributed by atoms with Crippen LogP contribution in [-0.4, -0.2) is 11.9 Å². The lowest BCUT2D eigenvalue weighted by Gasteiger charge is -2.26. The third kappa shape index (κ3) is 5.11. The molecule has 0 radical (unpaired) electrons. The van der Waals surface area contributed by atoms with E-state index in [-0.39, 0.29) is 17.8 Å². The molecule has 1 aliphatic carbocycles. The average molecular weight is 361 g/mol. The van der Waals surface area contributed by atoms with Crippen molar-refractivity contribution in [3.8, 4) is 0 Å². The van der Waals surface area contributed by atoms with Crippen LogP contribution in [0.4, 0.5) is 4.39 Å². The van der Waals surface area contributed by atoms with Crippen LogP contribution in [0.3, 0.4) is 0 Å². The van der Waals surface area contributed by atoms with Crippen LogP contribution in [0, 0.1) is 11.7 Å². The summed E-state index contributed by atoms with van der Waals surface area (Å²) in [5.74, 6) is 2.73. The van der Waals surface area contributed by atoms with E-state index >= 15 is 0 Å². The molecule has 0 atom stereocenters. The number of halogens is 1. The van der Waals surface area contributed by atoms with Gasteiger partial charge in [0.1, 0.15) is 11.6 Å². The number of hydrogen-bond acceptors (Lipinski definition) is 3. The normalized spacial score (nSPS) is 20.4. The molecule has 25 heavy (non-hydrogen) atoms. The molecule has 2 aromatic rings. The molecule has 3 rings (SSSR count). The van der Waals surface area contributed by atoms with Crippen LogP contribution in [0.15, 0.2) is 40.8 Å². The molecule has 0 unspecified atom stereocenters. The third-order valence-corrected chi connectivity index (χ3v) is 5.70. The minimum Gasteiger partial charge on any atom is -0.455 e. The zero-order valence-electron chi connectivity index (χ0n) is 14.5. The number of benzene rings is 1. The van der Waals surface area contributed by atoms with Crippen molar-refractivity contribution in [2.24, 2.45) is 5.92 Å². The van der Waals surface area contributed by atoms with Gasteiger partial charge in [0.05, 0.1) is 5.75 Å². The van der Waals surface area contributed by atoms with Gasteiger partial charge < -0.3 is 9.73 Å². The molecule has 1 fully saturated rings. The van der Waals surface area contributed by atoms with Gasteiger partial charge in [0, 0.05) is 11.8 Å². The van der Waals surface area contributed by atoms with Crippen LogP contribution in [0.1, 0.15) is 54.5 Å². The predicted molar refractivity (Wildman–Crippen MR) is 99.0 cm³/mol. The molecule has 1 N–H and O–H groups in total. The van der Waals surface area contributed by atoms with Gasteiger partial charge in [0.2, 0.25) is 0 Å². The number of amides is 1. The summed E-state index contributed by atoms with van der Waals surface area (Å²) < 4.78 is 19.2. The van der Waals surface area contributed by atoms with Crippen molar-refractivity contribution < 1.29 is 13.6 Å². The van der Waals surface area contributed by atoms with Gasteiger partial charge >= 0.3 is 0 Å². The smallest absolute Gasteiger partial charge is 0.287 e. The van der Waals surface area contributed by atoms with E-state index in [4.69, 9.17) is 4.42 Å². The van der Waals surface area contributed by atoms with E-state index in [1.54, 1.807) is 30.0 Å². The van der Waals surface area contributed by atoms with Crippen molar-refractivity contribution in [1.29, 1.82) is 0 Å². The highest BCUT2D eigenvalue weighted by atomic mass is 32.2. The summed E-state index contributed by atoms with van der Waals surface area (Å²) in [5, 5.41) is 3.07. The van der Waals surface area contributed by atoms with Gasteiger partial charge in [-0.2, -0.15) is 0 Å². The number of furan rings is 1. The summed E-state index contributed by atoms with van der Waals surface area (Å²) in [5.41, 5.74) is 0.684. The second-order valence-corrected chi connectivity index (χ2v) is 7.77. The van der Waals surface area contributed by atoms with Crippen molar-refractivity contribution in [3.63, 3.8) is 0 Å². The van der Waals surface area contributed by atoms with Gasteiger partial charge in [-0.15, -0.1) is 11.8 Å². The fraction of sp³-hybridized carbons (Fsp3) is 0.450. The molecule has 3 nitrogen and oxygen atoms in total. The molecule has 0 bridgehead atoms. The maximum atomic E-state index is 13.6. The van der Waals surface area contributed by atoms with Crippen LogP contribution in [0.5, 0.6) is 0 Å². The highest BCUT2D eigenvalue weighted by molar-refractivity contribution is 7.97. The fourth-order valence-corrected chi connectivity index (χ4v) is 4.03. The van der Waals surface area contributed by atoms with Crippen LogP contribution in [0.2, 0.25) is 0 Å². The van der Waals surface area contributed by atoms with Crippen LogP contribution < -0.4 is 5.32 Å². The van der Waals surface area contributed by atoms with Crippen molar-refractivity contribution in [2.45, 2.75) is 50.2 Å². The van der Waals surface area contributed by atoms with Crippen molar-refractivity contribution in [3.05, 3.63) is 59.3 Å². The number of rotatable bonds is 6. The first-order valence-electron chi connectivity index (χ1n) is 8.82. The molecule has 1 aromatic heterocycles. The zero-order chi connectivity index (χ0) is 17.6. The van der Waals surface area contributed by atoms with Gasteiger partial charge in [0.15, 0.2) is 5.76 Å². The average Bonchev–Trinajstić information content (AvgIpc) is 3.08.